The van der Waals surface area contributed by atoms with Gasteiger partial charge in [0.15, 0.2) is 5.13 Å². The topological polar surface area (TPSA) is 59.5 Å². The number of amides is 1. The second-order valence-corrected chi connectivity index (χ2v) is 8.45. The predicted molar refractivity (Wildman–Crippen MR) is 122 cm³/mol. The van der Waals surface area contributed by atoms with Crippen molar-refractivity contribution in [3.05, 3.63) is 94.0 Å². The molecule has 4 aromatic rings. The standard InChI is InChI=1S/C23H17BrN2O3S/c1-29-22(28)18-10-6-5-9-17(18)21(27)26(14-15-7-3-2-4-8-15)23-25-19-12-11-16(24)13-20(19)30-23/h2-13H,14H2,1H3. The van der Waals surface area contributed by atoms with Crippen LogP contribution in [-0.2, 0) is 11.3 Å². The number of ether oxygens (including phenoxy) is 1. The normalized spacial score (nSPS) is 10.7. The van der Waals surface area contributed by atoms with Crippen LogP contribution in [0.25, 0.3) is 10.2 Å². The van der Waals surface area contributed by atoms with Crippen molar-refractivity contribution in [2.75, 3.05) is 12.0 Å². The molecule has 150 valence electrons. The first-order valence-corrected chi connectivity index (χ1v) is 10.8. The summed E-state index contributed by atoms with van der Waals surface area (Å²) in [7, 11) is 1.30. The Balaban J connectivity index is 1.81. The molecule has 0 spiro atoms. The summed E-state index contributed by atoms with van der Waals surface area (Å²) in [6.07, 6.45) is 0. The molecule has 1 aromatic heterocycles. The number of rotatable bonds is 5. The van der Waals surface area contributed by atoms with E-state index in [0.29, 0.717) is 11.7 Å². The van der Waals surface area contributed by atoms with Gasteiger partial charge in [-0.2, -0.15) is 0 Å². The zero-order valence-corrected chi connectivity index (χ0v) is 18.4. The first kappa shape index (κ1) is 20.3. The highest BCUT2D eigenvalue weighted by Crippen LogP contribution is 2.33. The third kappa shape index (κ3) is 4.13. The van der Waals surface area contributed by atoms with Gasteiger partial charge >= 0.3 is 5.97 Å². The van der Waals surface area contributed by atoms with E-state index < -0.39 is 5.97 Å². The van der Waals surface area contributed by atoms with Crippen LogP contribution in [0.5, 0.6) is 0 Å². The number of carbonyl (C=O) groups excluding carboxylic acids is 2. The lowest BCUT2D eigenvalue weighted by molar-refractivity contribution is 0.0597. The molecule has 0 aliphatic carbocycles. The van der Waals surface area contributed by atoms with E-state index in [1.165, 1.54) is 18.4 Å². The van der Waals surface area contributed by atoms with Gasteiger partial charge in [0.1, 0.15) is 0 Å². The Bertz CT molecular complexity index is 1220. The molecule has 1 amide bonds. The fraction of sp³-hybridized carbons (Fsp3) is 0.0870. The Labute approximate surface area is 186 Å². The quantitative estimate of drug-likeness (QED) is 0.344. The second kappa shape index (κ2) is 8.77. The first-order valence-electron chi connectivity index (χ1n) is 9.16. The number of thiazole rings is 1. The van der Waals surface area contributed by atoms with Gasteiger partial charge in [-0.1, -0.05) is 69.7 Å². The Morgan fingerprint density at radius 1 is 1.00 bits per heavy atom. The van der Waals surface area contributed by atoms with E-state index in [-0.39, 0.29) is 17.0 Å². The van der Waals surface area contributed by atoms with E-state index in [9.17, 15) is 9.59 Å². The Morgan fingerprint density at radius 3 is 2.43 bits per heavy atom. The number of fused-ring (bicyclic) bond motifs is 1. The highest BCUT2D eigenvalue weighted by molar-refractivity contribution is 9.10. The first-order chi connectivity index (χ1) is 14.6. The van der Waals surface area contributed by atoms with E-state index >= 15 is 0 Å². The van der Waals surface area contributed by atoms with Crippen molar-refractivity contribution in [1.29, 1.82) is 0 Å². The number of benzene rings is 3. The number of anilines is 1. The third-order valence-electron chi connectivity index (χ3n) is 4.56. The average Bonchev–Trinajstić information content (AvgIpc) is 3.20. The SMILES string of the molecule is COC(=O)c1ccccc1C(=O)N(Cc1ccccc1)c1nc2ccc(Br)cc2s1. The van der Waals surface area contributed by atoms with Gasteiger partial charge in [-0.3, -0.25) is 9.69 Å². The van der Waals surface area contributed by atoms with Crippen LogP contribution in [0.1, 0.15) is 26.3 Å². The molecule has 0 aliphatic rings. The van der Waals surface area contributed by atoms with E-state index in [0.717, 1.165) is 20.3 Å². The molecule has 0 atom stereocenters. The van der Waals surface area contributed by atoms with Crippen molar-refractivity contribution in [3.8, 4) is 0 Å². The molecular weight excluding hydrogens is 464 g/mol. The molecule has 3 aromatic carbocycles. The summed E-state index contributed by atoms with van der Waals surface area (Å²) in [5, 5.41) is 0.566. The molecule has 1 heterocycles. The number of methoxy groups -OCH3 is 1. The van der Waals surface area contributed by atoms with Gasteiger partial charge in [0.25, 0.3) is 5.91 Å². The van der Waals surface area contributed by atoms with Crippen LogP contribution in [0.15, 0.2) is 77.3 Å². The van der Waals surface area contributed by atoms with Gasteiger partial charge in [0.2, 0.25) is 0 Å². The molecule has 0 radical (unpaired) electrons. The van der Waals surface area contributed by atoms with E-state index in [1.807, 2.05) is 48.5 Å². The van der Waals surface area contributed by atoms with Crippen LogP contribution in [0, 0.1) is 0 Å². The molecule has 0 fully saturated rings. The average molecular weight is 481 g/mol. The molecule has 5 nitrogen and oxygen atoms in total. The van der Waals surface area contributed by atoms with Gasteiger partial charge in [-0.25, -0.2) is 9.78 Å². The summed E-state index contributed by atoms with van der Waals surface area (Å²) in [4.78, 5) is 32.1. The largest absolute Gasteiger partial charge is 0.465 e. The summed E-state index contributed by atoms with van der Waals surface area (Å²) >= 11 is 4.91. The number of carbonyl (C=O) groups is 2. The summed E-state index contributed by atoms with van der Waals surface area (Å²) in [6.45, 7) is 0.330. The van der Waals surface area contributed by atoms with E-state index in [4.69, 9.17) is 4.74 Å². The third-order valence-corrected chi connectivity index (χ3v) is 6.10. The van der Waals surface area contributed by atoms with Crippen molar-refractivity contribution in [3.63, 3.8) is 0 Å². The van der Waals surface area contributed by atoms with Crippen molar-refractivity contribution >= 4 is 54.5 Å². The smallest absolute Gasteiger partial charge is 0.338 e. The Morgan fingerprint density at radius 2 is 1.70 bits per heavy atom. The number of nitrogens with zero attached hydrogens (tertiary/aromatic N) is 2. The zero-order valence-electron chi connectivity index (χ0n) is 16.0. The summed E-state index contributed by atoms with van der Waals surface area (Å²) in [5.74, 6) is -0.857. The summed E-state index contributed by atoms with van der Waals surface area (Å²) < 4.78 is 6.77. The minimum Gasteiger partial charge on any atom is -0.465 e. The van der Waals surface area contributed by atoms with E-state index in [1.54, 1.807) is 29.2 Å². The van der Waals surface area contributed by atoms with Crippen molar-refractivity contribution in [2.45, 2.75) is 6.54 Å². The number of hydrogen-bond donors (Lipinski definition) is 0. The zero-order chi connectivity index (χ0) is 21.1. The molecule has 0 unspecified atom stereocenters. The molecule has 0 bridgehead atoms. The highest BCUT2D eigenvalue weighted by atomic mass is 79.9. The molecule has 7 heteroatoms. The number of hydrogen-bond acceptors (Lipinski definition) is 5. The summed E-state index contributed by atoms with van der Waals surface area (Å²) in [5.41, 5.74) is 2.28. The van der Waals surface area contributed by atoms with Crippen LogP contribution >= 0.6 is 27.3 Å². The fourth-order valence-corrected chi connectivity index (χ4v) is 4.61. The van der Waals surface area contributed by atoms with Crippen LogP contribution in [-0.4, -0.2) is 24.0 Å². The molecule has 0 aliphatic heterocycles. The lowest BCUT2D eigenvalue weighted by atomic mass is 10.1. The van der Waals surface area contributed by atoms with Gasteiger partial charge in [0, 0.05) is 4.47 Å². The lowest BCUT2D eigenvalue weighted by Gasteiger charge is -2.21. The monoisotopic (exact) mass is 480 g/mol. The maximum Gasteiger partial charge on any atom is 0.338 e. The lowest BCUT2D eigenvalue weighted by Crippen LogP contribution is -2.31. The molecule has 0 saturated heterocycles. The number of halogens is 1. The Hall–Kier alpha value is -3.03. The minimum atomic E-state index is -0.549. The van der Waals surface area contributed by atoms with Gasteiger partial charge in [-0.15, -0.1) is 0 Å². The van der Waals surface area contributed by atoms with E-state index in [2.05, 4.69) is 20.9 Å². The molecule has 30 heavy (non-hydrogen) atoms. The van der Waals surface area contributed by atoms with Crippen LogP contribution in [0.3, 0.4) is 0 Å². The molecule has 4 rings (SSSR count). The van der Waals surface area contributed by atoms with Crippen LogP contribution in [0.4, 0.5) is 5.13 Å². The maximum absolute atomic E-state index is 13.6. The van der Waals surface area contributed by atoms with Crippen molar-refractivity contribution in [1.82, 2.24) is 4.98 Å². The number of aromatic nitrogens is 1. The number of esters is 1. The molecular formula is C23H17BrN2O3S. The summed E-state index contributed by atoms with van der Waals surface area (Å²) in [6, 6.07) is 22.2. The van der Waals surface area contributed by atoms with Gasteiger partial charge in [-0.05, 0) is 35.9 Å². The van der Waals surface area contributed by atoms with Crippen LogP contribution in [0.2, 0.25) is 0 Å². The van der Waals surface area contributed by atoms with Crippen LogP contribution < -0.4 is 4.90 Å². The second-order valence-electron chi connectivity index (χ2n) is 6.52. The fourth-order valence-electron chi connectivity index (χ4n) is 3.10. The maximum atomic E-state index is 13.6. The molecule has 0 N–H and O–H groups in total. The predicted octanol–water partition coefficient (Wildman–Crippen LogP) is 5.69. The Kier molecular flexibility index (Phi) is 5.92. The minimum absolute atomic E-state index is 0.229. The van der Waals surface area contributed by atoms with Gasteiger partial charge in [0.05, 0.1) is 35.0 Å². The molecule has 0 saturated carbocycles. The van der Waals surface area contributed by atoms with Crippen molar-refractivity contribution < 1.29 is 14.3 Å². The van der Waals surface area contributed by atoms with Gasteiger partial charge < -0.3 is 4.74 Å². The van der Waals surface area contributed by atoms with Crippen molar-refractivity contribution in [2.24, 2.45) is 0 Å². The highest BCUT2D eigenvalue weighted by Gasteiger charge is 2.26.